The maximum Gasteiger partial charge on any atom is 0.243 e. The minimum Gasteiger partial charge on any atom is -0.375 e. The van der Waals surface area contributed by atoms with Crippen LogP contribution in [-0.2, 0) is 4.79 Å². The first-order valence-electron chi connectivity index (χ1n) is 6.20. The van der Waals surface area contributed by atoms with Crippen molar-refractivity contribution in [3.63, 3.8) is 0 Å². The third kappa shape index (κ3) is 4.73. The SMILES string of the molecule is Cc1ccc(Cl)cc1NC(=O)CNc1cc(Br)ccc1Br. The summed E-state index contributed by atoms with van der Waals surface area (Å²) in [6, 6.07) is 11.1. The number of hydrogen-bond donors (Lipinski definition) is 2. The summed E-state index contributed by atoms with van der Waals surface area (Å²) in [5.74, 6) is -0.132. The number of nitrogens with one attached hydrogen (secondary N) is 2. The Labute approximate surface area is 145 Å². The van der Waals surface area contributed by atoms with Crippen LogP contribution in [0.25, 0.3) is 0 Å². The van der Waals surface area contributed by atoms with E-state index in [4.69, 9.17) is 11.6 Å². The average Bonchev–Trinajstić information content (AvgIpc) is 2.44. The number of benzene rings is 2. The Bertz CT molecular complexity index is 677. The summed E-state index contributed by atoms with van der Waals surface area (Å²) in [7, 11) is 0. The summed E-state index contributed by atoms with van der Waals surface area (Å²) in [5.41, 5.74) is 2.54. The molecule has 21 heavy (non-hydrogen) atoms. The second kappa shape index (κ2) is 7.29. The highest BCUT2D eigenvalue weighted by atomic mass is 79.9. The standard InChI is InChI=1S/C15H13Br2ClN2O/c1-9-2-4-11(18)7-13(9)20-15(21)8-19-14-6-10(16)3-5-12(14)17/h2-7,19H,8H2,1H3,(H,20,21). The van der Waals surface area contributed by atoms with Crippen LogP contribution in [0, 0.1) is 6.92 Å². The molecule has 1 amide bonds. The largest absolute Gasteiger partial charge is 0.375 e. The molecule has 0 atom stereocenters. The van der Waals surface area contributed by atoms with Crippen LogP contribution in [0.2, 0.25) is 5.02 Å². The van der Waals surface area contributed by atoms with E-state index in [-0.39, 0.29) is 12.5 Å². The van der Waals surface area contributed by atoms with Crippen LogP contribution in [0.3, 0.4) is 0 Å². The number of hydrogen-bond acceptors (Lipinski definition) is 2. The fourth-order valence-electron chi connectivity index (χ4n) is 1.73. The number of carbonyl (C=O) groups excluding carboxylic acids is 1. The van der Waals surface area contributed by atoms with Crippen molar-refractivity contribution in [1.29, 1.82) is 0 Å². The lowest BCUT2D eigenvalue weighted by molar-refractivity contribution is -0.114. The van der Waals surface area contributed by atoms with Gasteiger partial charge < -0.3 is 10.6 Å². The van der Waals surface area contributed by atoms with Gasteiger partial charge in [-0.2, -0.15) is 0 Å². The smallest absolute Gasteiger partial charge is 0.243 e. The zero-order valence-corrected chi connectivity index (χ0v) is 15.1. The van der Waals surface area contributed by atoms with Crippen molar-refractivity contribution in [2.75, 3.05) is 17.2 Å². The fourth-order valence-corrected chi connectivity index (χ4v) is 2.65. The summed E-state index contributed by atoms with van der Waals surface area (Å²) in [4.78, 5) is 12.0. The predicted molar refractivity (Wildman–Crippen MR) is 95.2 cm³/mol. The Morgan fingerprint density at radius 2 is 1.90 bits per heavy atom. The molecule has 0 heterocycles. The maximum atomic E-state index is 12.0. The number of carbonyl (C=O) groups is 1. The molecule has 2 N–H and O–H groups in total. The topological polar surface area (TPSA) is 41.1 Å². The Morgan fingerprint density at radius 3 is 2.67 bits per heavy atom. The zero-order chi connectivity index (χ0) is 15.4. The molecule has 110 valence electrons. The minimum atomic E-state index is -0.132. The molecule has 0 saturated heterocycles. The van der Waals surface area contributed by atoms with Gasteiger partial charge in [0.2, 0.25) is 5.91 Å². The lowest BCUT2D eigenvalue weighted by atomic mass is 10.2. The van der Waals surface area contributed by atoms with Crippen LogP contribution in [0.4, 0.5) is 11.4 Å². The van der Waals surface area contributed by atoms with E-state index >= 15 is 0 Å². The van der Waals surface area contributed by atoms with Gasteiger partial charge in [0, 0.05) is 25.3 Å². The van der Waals surface area contributed by atoms with Crippen LogP contribution in [0.1, 0.15) is 5.56 Å². The van der Waals surface area contributed by atoms with Crippen molar-refractivity contribution < 1.29 is 4.79 Å². The molecule has 0 unspecified atom stereocenters. The zero-order valence-electron chi connectivity index (χ0n) is 11.2. The van der Waals surface area contributed by atoms with Gasteiger partial charge in [0.1, 0.15) is 0 Å². The third-order valence-corrected chi connectivity index (χ3v) is 4.26. The summed E-state index contributed by atoms with van der Waals surface area (Å²) in [6.07, 6.45) is 0. The average molecular weight is 433 g/mol. The van der Waals surface area contributed by atoms with E-state index in [1.807, 2.05) is 31.2 Å². The highest BCUT2D eigenvalue weighted by Crippen LogP contribution is 2.26. The van der Waals surface area contributed by atoms with Crippen LogP contribution < -0.4 is 10.6 Å². The summed E-state index contributed by atoms with van der Waals surface area (Å²) < 4.78 is 1.84. The molecule has 0 aliphatic rings. The number of amides is 1. The van der Waals surface area contributed by atoms with Gasteiger partial charge >= 0.3 is 0 Å². The Hall–Kier alpha value is -1.04. The molecule has 2 aromatic rings. The van der Waals surface area contributed by atoms with E-state index in [0.29, 0.717) is 5.02 Å². The second-order valence-corrected chi connectivity index (χ2v) is 6.69. The van der Waals surface area contributed by atoms with Gasteiger partial charge in [-0.25, -0.2) is 0 Å². The van der Waals surface area contributed by atoms with Gasteiger partial charge in [-0.15, -0.1) is 0 Å². The monoisotopic (exact) mass is 430 g/mol. The van der Waals surface area contributed by atoms with E-state index in [9.17, 15) is 4.79 Å². The number of halogens is 3. The lowest BCUT2D eigenvalue weighted by Crippen LogP contribution is -2.22. The Balaban J connectivity index is 1.99. The van der Waals surface area contributed by atoms with Gasteiger partial charge in [-0.1, -0.05) is 33.6 Å². The molecular formula is C15H13Br2ClN2O. The van der Waals surface area contributed by atoms with Crippen molar-refractivity contribution in [1.82, 2.24) is 0 Å². The molecule has 0 aliphatic heterocycles. The van der Waals surface area contributed by atoms with Crippen LogP contribution >= 0.6 is 43.5 Å². The third-order valence-electron chi connectivity index (χ3n) is 2.84. The van der Waals surface area contributed by atoms with Crippen LogP contribution in [0.5, 0.6) is 0 Å². The van der Waals surface area contributed by atoms with Crippen LogP contribution in [-0.4, -0.2) is 12.5 Å². The molecule has 3 nitrogen and oxygen atoms in total. The van der Waals surface area contributed by atoms with Gasteiger partial charge in [0.25, 0.3) is 0 Å². The molecule has 0 aliphatic carbocycles. The fraction of sp³-hybridized carbons (Fsp3) is 0.133. The number of anilines is 2. The van der Waals surface area contributed by atoms with Crippen molar-refractivity contribution in [2.45, 2.75) is 6.92 Å². The van der Waals surface area contributed by atoms with E-state index < -0.39 is 0 Å². The Morgan fingerprint density at radius 1 is 1.14 bits per heavy atom. The molecule has 2 aromatic carbocycles. The first kappa shape index (κ1) is 16.3. The molecule has 2 rings (SSSR count). The summed E-state index contributed by atoms with van der Waals surface area (Å²) >= 11 is 12.8. The van der Waals surface area contributed by atoms with Crippen molar-refractivity contribution in [3.05, 3.63) is 55.9 Å². The van der Waals surface area contributed by atoms with E-state index in [2.05, 4.69) is 42.5 Å². The second-order valence-electron chi connectivity index (χ2n) is 4.49. The van der Waals surface area contributed by atoms with Gasteiger partial charge in [-0.3, -0.25) is 4.79 Å². The predicted octanol–water partition coefficient (Wildman–Crippen LogP) is 5.22. The lowest BCUT2D eigenvalue weighted by Gasteiger charge is -2.11. The minimum absolute atomic E-state index is 0.132. The highest BCUT2D eigenvalue weighted by molar-refractivity contribution is 9.11. The van der Waals surface area contributed by atoms with Crippen molar-refractivity contribution in [3.8, 4) is 0 Å². The maximum absolute atomic E-state index is 12.0. The molecule has 0 spiro atoms. The van der Waals surface area contributed by atoms with Crippen molar-refractivity contribution >= 4 is 60.7 Å². The number of aryl methyl sites for hydroxylation is 1. The first-order chi connectivity index (χ1) is 9.95. The molecule has 0 aromatic heterocycles. The quantitative estimate of drug-likeness (QED) is 0.695. The molecular weight excluding hydrogens is 419 g/mol. The molecule has 0 fully saturated rings. The number of rotatable bonds is 4. The van der Waals surface area contributed by atoms with E-state index in [1.165, 1.54) is 0 Å². The van der Waals surface area contributed by atoms with Gasteiger partial charge in [0.05, 0.1) is 6.54 Å². The van der Waals surface area contributed by atoms with E-state index in [1.54, 1.807) is 12.1 Å². The molecule has 0 saturated carbocycles. The van der Waals surface area contributed by atoms with Crippen molar-refractivity contribution in [2.24, 2.45) is 0 Å². The molecule has 6 heteroatoms. The Kier molecular flexibility index (Phi) is 5.67. The van der Waals surface area contributed by atoms with E-state index in [0.717, 1.165) is 25.9 Å². The molecule has 0 radical (unpaired) electrons. The summed E-state index contributed by atoms with van der Waals surface area (Å²) in [6.45, 7) is 2.09. The summed E-state index contributed by atoms with van der Waals surface area (Å²) in [5, 5.41) is 6.52. The normalized spacial score (nSPS) is 10.3. The highest BCUT2D eigenvalue weighted by Gasteiger charge is 2.07. The van der Waals surface area contributed by atoms with Crippen LogP contribution in [0.15, 0.2) is 45.3 Å². The van der Waals surface area contributed by atoms with Gasteiger partial charge in [-0.05, 0) is 58.7 Å². The molecule has 0 bridgehead atoms. The first-order valence-corrected chi connectivity index (χ1v) is 8.17. The van der Waals surface area contributed by atoms with Gasteiger partial charge in [0.15, 0.2) is 0 Å².